The first-order chi connectivity index (χ1) is 9.95. The Labute approximate surface area is 129 Å². The molecule has 4 nitrogen and oxygen atoms in total. The average Bonchev–Trinajstić information content (AvgIpc) is 2.65. The fourth-order valence-corrected chi connectivity index (χ4v) is 2.78. The van der Waals surface area contributed by atoms with Crippen LogP contribution < -0.4 is 0 Å². The molecule has 0 radical (unpaired) electrons. The number of benzene rings is 1. The van der Waals surface area contributed by atoms with Crippen LogP contribution in [0.4, 0.5) is 0 Å². The summed E-state index contributed by atoms with van der Waals surface area (Å²) in [6.07, 6.45) is 0.571. The lowest BCUT2D eigenvalue weighted by molar-refractivity contribution is -0.137. The van der Waals surface area contributed by atoms with Gasteiger partial charge in [0.15, 0.2) is 0 Å². The summed E-state index contributed by atoms with van der Waals surface area (Å²) in [5.74, 6) is -0.915. The summed E-state index contributed by atoms with van der Waals surface area (Å²) in [7, 11) is 0. The highest BCUT2D eigenvalue weighted by Crippen LogP contribution is 2.26. The van der Waals surface area contributed by atoms with E-state index < -0.39 is 5.97 Å². The molecule has 0 bridgehead atoms. The molecule has 108 valence electrons. The van der Waals surface area contributed by atoms with Gasteiger partial charge in [-0.2, -0.15) is 5.26 Å². The van der Waals surface area contributed by atoms with Gasteiger partial charge in [0.05, 0.1) is 5.56 Å². The van der Waals surface area contributed by atoms with Crippen molar-refractivity contribution in [1.82, 2.24) is 4.57 Å². The number of aliphatic carboxylic acids is 1. The summed E-state index contributed by atoms with van der Waals surface area (Å²) >= 11 is 4.43. The molecule has 0 spiro atoms. The number of carboxylic acids is 1. The summed E-state index contributed by atoms with van der Waals surface area (Å²) < 4.78 is 1.68. The molecule has 1 aromatic heterocycles. The zero-order chi connectivity index (χ0) is 15.6. The largest absolute Gasteiger partial charge is 0.480 e. The quantitative estimate of drug-likeness (QED) is 0.853. The lowest BCUT2D eigenvalue weighted by atomic mass is 10.0. The molecule has 0 amide bonds. The van der Waals surface area contributed by atoms with Crippen LogP contribution in [-0.4, -0.2) is 15.6 Å². The minimum Gasteiger partial charge on any atom is -0.480 e. The van der Waals surface area contributed by atoms with Crippen molar-refractivity contribution >= 4 is 18.6 Å². The van der Waals surface area contributed by atoms with E-state index in [1.54, 1.807) is 11.5 Å². The first kappa shape index (κ1) is 15.2. The predicted octanol–water partition coefficient (Wildman–Crippen LogP) is 2.94. The lowest BCUT2D eigenvalue weighted by Crippen LogP contribution is -2.11. The van der Waals surface area contributed by atoms with Crippen molar-refractivity contribution in [2.24, 2.45) is 0 Å². The van der Waals surface area contributed by atoms with Crippen molar-refractivity contribution in [3.8, 4) is 6.07 Å². The minimum absolute atomic E-state index is 0.130. The van der Waals surface area contributed by atoms with Crippen LogP contribution in [0.15, 0.2) is 29.2 Å². The lowest BCUT2D eigenvalue weighted by Gasteiger charge is -2.07. The zero-order valence-electron chi connectivity index (χ0n) is 11.9. The average molecular weight is 300 g/mol. The Bertz CT molecular complexity index is 741. The zero-order valence-corrected chi connectivity index (χ0v) is 12.8. The smallest absolute Gasteiger partial charge is 0.323 e. The number of carbonyl (C=O) groups is 1. The topological polar surface area (TPSA) is 66.0 Å². The summed E-state index contributed by atoms with van der Waals surface area (Å²) in [4.78, 5) is 11.8. The Kier molecular flexibility index (Phi) is 4.39. The van der Waals surface area contributed by atoms with Gasteiger partial charge in [0.1, 0.15) is 12.6 Å². The molecule has 2 aromatic rings. The molecule has 0 saturated heterocycles. The van der Waals surface area contributed by atoms with Crippen molar-refractivity contribution in [2.75, 3.05) is 0 Å². The Hall–Kier alpha value is -2.19. The van der Waals surface area contributed by atoms with E-state index in [0.29, 0.717) is 17.7 Å². The van der Waals surface area contributed by atoms with E-state index in [1.165, 1.54) is 0 Å². The van der Waals surface area contributed by atoms with Crippen molar-refractivity contribution in [1.29, 1.82) is 5.26 Å². The summed E-state index contributed by atoms with van der Waals surface area (Å²) in [6, 6.07) is 9.90. The van der Waals surface area contributed by atoms with E-state index in [0.717, 1.165) is 21.7 Å². The van der Waals surface area contributed by atoms with Crippen LogP contribution in [0.25, 0.3) is 0 Å². The fraction of sp³-hybridized carbons (Fsp3) is 0.250. The molecule has 1 aromatic carbocycles. The highest BCUT2D eigenvalue weighted by Gasteiger charge is 2.19. The number of thiol groups is 1. The third kappa shape index (κ3) is 2.96. The van der Waals surface area contributed by atoms with Gasteiger partial charge in [-0.15, -0.1) is 12.6 Å². The first-order valence-corrected chi connectivity index (χ1v) is 6.97. The molecule has 0 aliphatic rings. The van der Waals surface area contributed by atoms with Crippen LogP contribution in [0.2, 0.25) is 0 Å². The molecule has 5 heteroatoms. The van der Waals surface area contributed by atoms with Gasteiger partial charge in [-0.25, -0.2) is 0 Å². The predicted molar refractivity (Wildman–Crippen MR) is 82.8 cm³/mol. The molecule has 0 fully saturated rings. The Morgan fingerprint density at radius 2 is 2.00 bits per heavy atom. The molecule has 21 heavy (non-hydrogen) atoms. The SMILES string of the molecule is Cc1c(C#N)c(Cc2ccccc2S)c(C)n1CC(=O)O. The molecular formula is C16H16N2O2S. The molecule has 0 aliphatic carbocycles. The number of hydrogen-bond donors (Lipinski definition) is 2. The van der Waals surface area contributed by atoms with Gasteiger partial charge in [-0.3, -0.25) is 4.79 Å². The normalized spacial score (nSPS) is 10.4. The molecule has 0 unspecified atom stereocenters. The van der Waals surface area contributed by atoms with Crippen LogP contribution in [0.3, 0.4) is 0 Å². The Morgan fingerprint density at radius 1 is 1.33 bits per heavy atom. The van der Waals surface area contributed by atoms with Gasteiger partial charge >= 0.3 is 5.97 Å². The van der Waals surface area contributed by atoms with Gasteiger partial charge in [0.25, 0.3) is 0 Å². The maximum absolute atomic E-state index is 11.0. The van der Waals surface area contributed by atoms with Crippen LogP contribution >= 0.6 is 12.6 Å². The Balaban J connectivity index is 2.51. The monoisotopic (exact) mass is 300 g/mol. The number of nitriles is 1. The maximum Gasteiger partial charge on any atom is 0.323 e. The van der Waals surface area contributed by atoms with Gasteiger partial charge in [-0.05, 0) is 31.0 Å². The van der Waals surface area contributed by atoms with Gasteiger partial charge in [0.2, 0.25) is 0 Å². The van der Waals surface area contributed by atoms with E-state index in [2.05, 4.69) is 18.7 Å². The van der Waals surface area contributed by atoms with E-state index in [-0.39, 0.29) is 6.54 Å². The molecule has 1 N–H and O–H groups in total. The number of rotatable bonds is 4. The van der Waals surface area contributed by atoms with Gasteiger partial charge in [-0.1, -0.05) is 18.2 Å². The molecule has 0 aliphatic heterocycles. The van der Waals surface area contributed by atoms with Crippen LogP contribution in [0, 0.1) is 25.2 Å². The van der Waals surface area contributed by atoms with Gasteiger partial charge < -0.3 is 9.67 Å². The molecule has 1 heterocycles. The van der Waals surface area contributed by atoms with Crippen LogP contribution in [0.5, 0.6) is 0 Å². The number of carboxylic acid groups (broad SMARTS) is 1. The summed E-state index contributed by atoms with van der Waals surface area (Å²) in [5.41, 5.74) is 3.98. The standard InChI is InChI=1S/C16H16N2O2S/c1-10-13(7-12-5-3-4-6-15(12)21)14(8-17)11(2)18(10)9-16(19)20/h3-6,21H,7,9H2,1-2H3,(H,19,20). The fourth-order valence-electron chi connectivity index (χ4n) is 2.54. The number of hydrogen-bond acceptors (Lipinski definition) is 3. The highest BCUT2D eigenvalue weighted by atomic mass is 32.1. The number of aromatic nitrogens is 1. The molecular weight excluding hydrogens is 284 g/mol. The molecule has 0 atom stereocenters. The van der Waals surface area contributed by atoms with E-state index in [9.17, 15) is 10.1 Å². The summed E-state index contributed by atoms with van der Waals surface area (Å²) in [6.45, 7) is 3.51. The van der Waals surface area contributed by atoms with Crippen LogP contribution in [0.1, 0.15) is 28.1 Å². The second kappa shape index (κ2) is 6.06. The van der Waals surface area contributed by atoms with Crippen molar-refractivity contribution < 1.29 is 9.90 Å². The second-order valence-corrected chi connectivity index (χ2v) is 5.40. The maximum atomic E-state index is 11.0. The first-order valence-electron chi connectivity index (χ1n) is 6.53. The minimum atomic E-state index is -0.915. The molecule has 0 saturated carbocycles. The number of nitrogens with zero attached hydrogens (tertiary/aromatic N) is 2. The third-order valence-corrected chi connectivity index (χ3v) is 4.11. The second-order valence-electron chi connectivity index (χ2n) is 4.92. The molecule has 2 rings (SSSR count). The van der Waals surface area contributed by atoms with Gasteiger partial charge in [0, 0.05) is 22.7 Å². The summed E-state index contributed by atoms with van der Waals surface area (Å²) in [5, 5.41) is 18.4. The van der Waals surface area contributed by atoms with Crippen molar-refractivity contribution in [3.63, 3.8) is 0 Å². The van der Waals surface area contributed by atoms with Crippen molar-refractivity contribution in [2.45, 2.75) is 31.7 Å². The van der Waals surface area contributed by atoms with Crippen LogP contribution in [-0.2, 0) is 17.8 Å². The Morgan fingerprint density at radius 3 is 2.57 bits per heavy atom. The third-order valence-electron chi connectivity index (χ3n) is 3.67. The van der Waals surface area contributed by atoms with E-state index in [4.69, 9.17) is 5.11 Å². The van der Waals surface area contributed by atoms with E-state index >= 15 is 0 Å². The highest BCUT2D eigenvalue weighted by molar-refractivity contribution is 7.80. The van der Waals surface area contributed by atoms with Crippen molar-refractivity contribution in [3.05, 3.63) is 52.3 Å². The van der Waals surface area contributed by atoms with E-state index in [1.807, 2.05) is 31.2 Å².